The zero-order valence-electron chi connectivity index (χ0n) is 12.3. The van der Waals surface area contributed by atoms with Crippen LogP contribution in [-0.2, 0) is 0 Å². The maximum absolute atomic E-state index is 9.52. The summed E-state index contributed by atoms with van der Waals surface area (Å²) in [6, 6.07) is 0.749. The largest absolute Gasteiger partial charge is 0.393 e. The van der Waals surface area contributed by atoms with Crippen LogP contribution in [0.4, 0.5) is 0 Å². The molecule has 2 N–H and O–H groups in total. The summed E-state index contributed by atoms with van der Waals surface area (Å²) >= 11 is 0. The maximum atomic E-state index is 9.52. The van der Waals surface area contributed by atoms with E-state index in [1.165, 1.54) is 51.5 Å². The van der Waals surface area contributed by atoms with Crippen molar-refractivity contribution in [1.29, 1.82) is 0 Å². The first-order valence-corrected chi connectivity index (χ1v) is 7.97. The van der Waals surface area contributed by atoms with Gasteiger partial charge in [0.25, 0.3) is 0 Å². The van der Waals surface area contributed by atoms with Crippen LogP contribution in [0.5, 0.6) is 0 Å². The molecule has 2 heteroatoms. The van der Waals surface area contributed by atoms with Gasteiger partial charge in [-0.1, -0.05) is 20.3 Å². The van der Waals surface area contributed by atoms with Gasteiger partial charge in [-0.05, 0) is 69.2 Å². The predicted octanol–water partition coefficient (Wildman–Crippen LogP) is 3.49. The first-order valence-electron chi connectivity index (χ1n) is 7.97. The Labute approximate surface area is 113 Å². The number of hydrogen-bond acceptors (Lipinski definition) is 2. The Hall–Kier alpha value is -0.0800. The molecule has 0 saturated heterocycles. The highest BCUT2D eigenvalue weighted by Crippen LogP contribution is 2.34. The average molecular weight is 253 g/mol. The van der Waals surface area contributed by atoms with Crippen LogP contribution in [0.25, 0.3) is 0 Å². The number of nitrogens with one attached hydrogen (secondary N) is 1. The third-order valence-electron chi connectivity index (χ3n) is 5.09. The molecule has 0 amide bonds. The Morgan fingerprint density at radius 2 is 1.72 bits per heavy atom. The van der Waals surface area contributed by atoms with Gasteiger partial charge in [0.1, 0.15) is 0 Å². The van der Waals surface area contributed by atoms with Gasteiger partial charge >= 0.3 is 0 Å². The summed E-state index contributed by atoms with van der Waals surface area (Å²) in [5.41, 5.74) is 0.561. The molecule has 0 aromatic rings. The molecule has 0 aromatic heterocycles. The average Bonchev–Trinajstić information content (AvgIpc) is 2.50. The molecule has 0 heterocycles. The second kappa shape index (κ2) is 6.38. The van der Waals surface area contributed by atoms with E-state index in [2.05, 4.69) is 19.2 Å². The van der Waals surface area contributed by atoms with Crippen molar-refractivity contribution in [2.45, 2.75) is 83.8 Å². The highest BCUT2D eigenvalue weighted by Gasteiger charge is 2.25. The molecule has 0 bridgehead atoms. The van der Waals surface area contributed by atoms with Gasteiger partial charge in [-0.15, -0.1) is 0 Å². The SMILES string of the molecule is CC1(C)CCCC(NCC2CCC(O)CC2)CC1. The van der Waals surface area contributed by atoms with Crippen molar-refractivity contribution in [3.8, 4) is 0 Å². The van der Waals surface area contributed by atoms with Gasteiger partial charge in [-0.3, -0.25) is 0 Å². The molecule has 0 radical (unpaired) electrons. The lowest BCUT2D eigenvalue weighted by atomic mass is 9.85. The Bertz CT molecular complexity index is 243. The Morgan fingerprint density at radius 1 is 1.00 bits per heavy atom. The van der Waals surface area contributed by atoms with Gasteiger partial charge in [0.2, 0.25) is 0 Å². The standard InChI is InChI=1S/C16H31NO/c1-16(2)10-3-4-14(9-11-16)17-12-13-5-7-15(18)8-6-13/h13-15,17-18H,3-12H2,1-2H3. The number of rotatable bonds is 3. The van der Waals surface area contributed by atoms with Crippen LogP contribution >= 0.6 is 0 Å². The lowest BCUT2D eigenvalue weighted by molar-refractivity contribution is 0.107. The third kappa shape index (κ3) is 4.55. The Balaban J connectivity index is 1.67. The molecule has 1 atom stereocenters. The van der Waals surface area contributed by atoms with Gasteiger partial charge in [0.05, 0.1) is 6.10 Å². The lowest BCUT2D eigenvalue weighted by Crippen LogP contribution is -2.35. The number of aliphatic hydroxyl groups excluding tert-OH is 1. The van der Waals surface area contributed by atoms with Gasteiger partial charge in [-0.25, -0.2) is 0 Å². The number of hydrogen-bond donors (Lipinski definition) is 2. The Kier molecular flexibility index (Phi) is 5.08. The first kappa shape index (κ1) is 14.3. The summed E-state index contributed by atoms with van der Waals surface area (Å²) in [6.45, 7) is 6.01. The van der Waals surface area contributed by atoms with E-state index in [1.54, 1.807) is 0 Å². The third-order valence-corrected chi connectivity index (χ3v) is 5.09. The molecule has 2 fully saturated rings. The van der Waals surface area contributed by atoms with Crippen molar-refractivity contribution in [1.82, 2.24) is 5.32 Å². The van der Waals surface area contributed by atoms with Crippen LogP contribution < -0.4 is 5.32 Å². The van der Waals surface area contributed by atoms with Crippen LogP contribution in [-0.4, -0.2) is 23.8 Å². The fraction of sp³-hybridized carbons (Fsp3) is 1.00. The zero-order valence-corrected chi connectivity index (χ0v) is 12.3. The van der Waals surface area contributed by atoms with Gasteiger partial charge in [0.15, 0.2) is 0 Å². The summed E-state index contributed by atoms with van der Waals surface area (Å²) in [4.78, 5) is 0. The minimum Gasteiger partial charge on any atom is -0.393 e. The molecule has 2 aliphatic carbocycles. The molecule has 2 aliphatic rings. The second-order valence-electron chi connectivity index (χ2n) is 7.37. The van der Waals surface area contributed by atoms with Crippen LogP contribution in [0.1, 0.15) is 71.6 Å². The van der Waals surface area contributed by atoms with E-state index in [0.717, 1.165) is 24.8 Å². The van der Waals surface area contributed by atoms with E-state index in [-0.39, 0.29) is 6.10 Å². The monoisotopic (exact) mass is 253 g/mol. The molecule has 0 aromatic carbocycles. The van der Waals surface area contributed by atoms with Crippen molar-refractivity contribution in [3.63, 3.8) is 0 Å². The normalized spacial score (nSPS) is 37.2. The molecule has 18 heavy (non-hydrogen) atoms. The fourth-order valence-corrected chi connectivity index (χ4v) is 3.55. The molecular formula is C16H31NO. The minimum absolute atomic E-state index is 0.0140. The van der Waals surface area contributed by atoms with Crippen molar-refractivity contribution in [2.24, 2.45) is 11.3 Å². The summed E-state index contributed by atoms with van der Waals surface area (Å²) in [7, 11) is 0. The lowest BCUT2D eigenvalue weighted by Gasteiger charge is -2.28. The number of aliphatic hydroxyl groups is 1. The van der Waals surface area contributed by atoms with E-state index in [4.69, 9.17) is 0 Å². The van der Waals surface area contributed by atoms with E-state index in [1.807, 2.05) is 0 Å². The van der Waals surface area contributed by atoms with Crippen LogP contribution in [0.2, 0.25) is 0 Å². The molecule has 1 unspecified atom stereocenters. The smallest absolute Gasteiger partial charge is 0.0540 e. The fourth-order valence-electron chi connectivity index (χ4n) is 3.55. The van der Waals surface area contributed by atoms with Gasteiger partial charge in [-0.2, -0.15) is 0 Å². The molecule has 2 rings (SSSR count). The summed E-state index contributed by atoms with van der Waals surface area (Å²) in [5.74, 6) is 0.810. The van der Waals surface area contributed by atoms with E-state index >= 15 is 0 Å². The highest BCUT2D eigenvalue weighted by molar-refractivity contribution is 4.81. The van der Waals surface area contributed by atoms with Gasteiger partial charge in [0, 0.05) is 6.04 Å². The molecule has 106 valence electrons. The van der Waals surface area contributed by atoms with Gasteiger partial charge < -0.3 is 10.4 Å². The molecular weight excluding hydrogens is 222 g/mol. The zero-order chi connectivity index (χ0) is 13.0. The van der Waals surface area contributed by atoms with Crippen molar-refractivity contribution >= 4 is 0 Å². The summed E-state index contributed by atoms with van der Waals surface area (Å²) in [6.07, 6.45) is 11.3. The molecule has 0 aliphatic heterocycles. The van der Waals surface area contributed by atoms with E-state index < -0.39 is 0 Å². The summed E-state index contributed by atoms with van der Waals surface area (Å²) in [5, 5.41) is 13.3. The highest BCUT2D eigenvalue weighted by atomic mass is 16.3. The topological polar surface area (TPSA) is 32.3 Å². The molecule has 2 nitrogen and oxygen atoms in total. The van der Waals surface area contributed by atoms with Crippen LogP contribution in [0.3, 0.4) is 0 Å². The van der Waals surface area contributed by atoms with Crippen LogP contribution in [0, 0.1) is 11.3 Å². The van der Waals surface area contributed by atoms with E-state index in [0.29, 0.717) is 5.41 Å². The molecule has 0 spiro atoms. The maximum Gasteiger partial charge on any atom is 0.0540 e. The minimum atomic E-state index is -0.0140. The van der Waals surface area contributed by atoms with E-state index in [9.17, 15) is 5.11 Å². The predicted molar refractivity (Wildman–Crippen MR) is 76.6 cm³/mol. The van der Waals surface area contributed by atoms with Crippen molar-refractivity contribution < 1.29 is 5.11 Å². The second-order valence-corrected chi connectivity index (χ2v) is 7.37. The quantitative estimate of drug-likeness (QED) is 0.755. The van der Waals surface area contributed by atoms with Crippen LogP contribution in [0.15, 0.2) is 0 Å². The Morgan fingerprint density at radius 3 is 2.44 bits per heavy atom. The van der Waals surface area contributed by atoms with Crippen molar-refractivity contribution in [3.05, 3.63) is 0 Å². The van der Waals surface area contributed by atoms with Crippen molar-refractivity contribution in [2.75, 3.05) is 6.54 Å². The first-order chi connectivity index (χ1) is 8.55. The molecule has 2 saturated carbocycles. The summed E-state index contributed by atoms with van der Waals surface area (Å²) < 4.78 is 0.